The van der Waals surface area contributed by atoms with Gasteiger partial charge >= 0.3 is 0 Å². The summed E-state index contributed by atoms with van der Waals surface area (Å²) in [5, 5.41) is 7.04. The first kappa shape index (κ1) is 18.5. The molecule has 7 heteroatoms. The average molecular weight is 383 g/mol. The van der Waals surface area contributed by atoms with Crippen molar-refractivity contribution in [3.63, 3.8) is 0 Å². The Hall–Kier alpha value is -2.83. The number of benzene rings is 1. The zero-order valence-electron chi connectivity index (χ0n) is 16.4. The molecule has 148 valence electrons. The molecule has 2 aliphatic rings. The van der Waals surface area contributed by atoms with Crippen LogP contribution in [-0.4, -0.2) is 41.1 Å². The van der Waals surface area contributed by atoms with E-state index in [1.165, 1.54) is 0 Å². The van der Waals surface area contributed by atoms with Crippen molar-refractivity contribution in [1.29, 1.82) is 0 Å². The summed E-state index contributed by atoms with van der Waals surface area (Å²) in [7, 11) is 1.83. The number of nitrogens with one attached hydrogen (secondary N) is 1. The van der Waals surface area contributed by atoms with Crippen molar-refractivity contribution in [2.24, 2.45) is 0 Å². The van der Waals surface area contributed by atoms with Crippen LogP contribution < -0.4 is 10.1 Å². The standard InChI is InChI=1S/C21H25N3O4/c1-13-19(14(2)28-23-13)20(26)22-16-12-21(9-8-18(25)24(3)11-10-21)27-17-7-5-4-6-15(16)17/h4-7,16H,8-12H2,1-3H3,(H,22,26). The van der Waals surface area contributed by atoms with Crippen LogP contribution in [-0.2, 0) is 4.79 Å². The highest BCUT2D eigenvalue weighted by Crippen LogP contribution is 2.44. The van der Waals surface area contributed by atoms with E-state index in [-0.39, 0.29) is 17.9 Å². The van der Waals surface area contributed by atoms with Crippen molar-refractivity contribution < 1.29 is 18.8 Å². The summed E-state index contributed by atoms with van der Waals surface area (Å²) in [5.74, 6) is 1.21. The highest BCUT2D eigenvalue weighted by atomic mass is 16.5. The molecule has 2 amide bonds. The van der Waals surface area contributed by atoms with Crippen molar-refractivity contribution in [1.82, 2.24) is 15.4 Å². The molecule has 1 aromatic heterocycles. The van der Waals surface area contributed by atoms with E-state index < -0.39 is 5.60 Å². The molecule has 1 spiro atoms. The van der Waals surface area contributed by atoms with Crippen molar-refractivity contribution in [3.8, 4) is 5.75 Å². The van der Waals surface area contributed by atoms with Gasteiger partial charge in [0.05, 0.1) is 11.7 Å². The number of fused-ring (bicyclic) bond motifs is 1. The zero-order chi connectivity index (χ0) is 19.9. The molecule has 2 unspecified atom stereocenters. The summed E-state index contributed by atoms with van der Waals surface area (Å²) < 4.78 is 11.6. The molecule has 4 rings (SSSR count). The Bertz CT molecular complexity index is 903. The lowest BCUT2D eigenvalue weighted by Gasteiger charge is -2.42. The third-order valence-corrected chi connectivity index (χ3v) is 5.89. The number of ether oxygens (including phenoxy) is 1. The van der Waals surface area contributed by atoms with E-state index in [9.17, 15) is 9.59 Å². The van der Waals surface area contributed by atoms with Crippen LogP contribution in [0.25, 0.3) is 0 Å². The van der Waals surface area contributed by atoms with E-state index in [0.717, 1.165) is 17.7 Å². The van der Waals surface area contributed by atoms with Crippen LogP contribution in [0.5, 0.6) is 5.75 Å². The third kappa shape index (κ3) is 3.25. The zero-order valence-corrected chi connectivity index (χ0v) is 16.4. The highest BCUT2D eigenvalue weighted by molar-refractivity contribution is 5.96. The summed E-state index contributed by atoms with van der Waals surface area (Å²) in [4.78, 5) is 26.9. The largest absolute Gasteiger partial charge is 0.487 e. The van der Waals surface area contributed by atoms with Gasteiger partial charge < -0.3 is 19.5 Å². The molecule has 1 N–H and O–H groups in total. The number of hydrogen-bond donors (Lipinski definition) is 1. The smallest absolute Gasteiger partial charge is 0.257 e. The van der Waals surface area contributed by atoms with Gasteiger partial charge in [0.15, 0.2) is 0 Å². The second kappa shape index (κ2) is 6.96. The molecule has 0 aliphatic carbocycles. The molecule has 0 radical (unpaired) electrons. The van der Waals surface area contributed by atoms with Gasteiger partial charge in [-0.15, -0.1) is 0 Å². The second-order valence-electron chi connectivity index (χ2n) is 7.82. The fraction of sp³-hybridized carbons (Fsp3) is 0.476. The maximum Gasteiger partial charge on any atom is 0.257 e. The average Bonchev–Trinajstić information content (AvgIpc) is 2.96. The van der Waals surface area contributed by atoms with Crippen molar-refractivity contribution in [3.05, 3.63) is 46.8 Å². The normalized spacial score (nSPS) is 24.5. The molecule has 2 atom stereocenters. The number of para-hydroxylation sites is 1. The lowest BCUT2D eigenvalue weighted by atomic mass is 9.82. The van der Waals surface area contributed by atoms with Crippen LogP contribution in [0.15, 0.2) is 28.8 Å². The topological polar surface area (TPSA) is 84.7 Å². The number of carbonyl (C=O) groups is 2. The van der Waals surface area contributed by atoms with Crippen molar-refractivity contribution in [2.45, 2.75) is 51.2 Å². The Labute approximate surface area is 164 Å². The molecule has 2 aliphatic heterocycles. The quantitative estimate of drug-likeness (QED) is 0.862. The van der Waals surface area contributed by atoms with E-state index in [1.54, 1.807) is 18.7 Å². The van der Waals surface area contributed by atoms with Gasteiger partial charge in [-0.3, -0.25) is 9.59 Å². The molecule has 0 saturated carbocycles. The molecule has 28 heavy (non-hydrogen) atoms. The summed E-state index contributed by atoms with van der Waals surface area (Å²) in [5.41, 5.74) is 1.54. The predicted molar refractivity (Wildman–Crippen MR) is 102 cm³/mol. The van der Waals surface area contributed by atoms with Crippen molar-refractivity contribution in [2.75, 3.05) is 13.6 Å². The summed E-state index contributed by atoms with van der Waals surface area (Å²) >= 11 is 0. The minimum atomic E-state index is -0.467. The number of aromatic nitrogens is 1. The van der Waals surface area contributed by atoms with Crippen LogP contribution in [0.4, 0.5) is 0 Å². The maximum atomic E-state index is 13.0. The lowest BCUT2D eigenvalue weighted by molar-refractivity contribution is -0.129. The van der Waals surface area contributed by atoms with Crippen LogP contribution in [0, 0.1) is 13.8 Å². The first-order chi connectivity index (χ1) is 13.4. The number of carbonyl (C=O) groups excluding carboxylic acids is 2. The van der Waals surface area contributed by atoms with Crippen molar-refractivity contribution >= 4 is 11.8 Å². The molecular weight excluding hydrogens is 358 g/mol. The Kier molecular flexibility index (Phi) is 4.61. The number of nitrogens with zero attached hydrogens (tertiary/aromatic N) is 2. The summed E-state index contributed by atoms with van der Waals surface area (Å²) in [6, 6.07) is 7.58. The van der Waals surface area contributed by atoms with Crippen LogP contribution >= 0.6 is 0 Å². The van der Waals surface area contributed by atoms with Crippen LogP contribution in [0.3, 0.4) is 0 Å². The van der Waals surface area contributed by atoms with Gasteiger partial charge in [-0.05, 0) is 26.3 Å². The minimum Gasteiger partial charge on any atom is -0.487 e. The molecule has 3 heterocycles. The Morgan fingerprint density at radius 2 is 2.07 bits per heavy atom. The molecule has 1 fully saturated rings. The Morgan fingerprint density at radius 3 is 2.82 bits per heavy atom. The van der Waals surface area contributed by atoms with Gasteiger partial charge in [0.2, 0.25) is 5.91 Å². The fourth-order valence-corrected chi connectivity index (χ4v) is 4.24. The number of rotatable bonds is 2. The van der Waals surface area contributed by atoms with Gasteiger partial charge in [0, 0.05) is 38.4 Å². The number of aryl methyl sites for hydroxylation is 2. The van der Waals surface area contributed by atoms with Crippen LogP contribution in [0.2, 0.25) is 0 Å². The summed E-state index contributed by atoms with van der Waals surface area (Å²) in [6.07, 6.45) is 2.45. The maximum absolute atomic E-state index is 13.0. The molecule has 0 bridgehead atoms. The second-order valence-corrected chi connectivity index (χ2v) is 7.82. The predicted octanol–water partition coefficient (Wildman–Crippen LogP) is 2.93. The molecule has 2 aromatic rings. The Morgan fingerprint density at radius 1 is 1.29 bits per heavy atom. The van der Waals surface area contributed by atoms with Crippen LogP contribution in [0.1, 0.15) is 59.1 Å². The van der Waals surface area contributed by atoms with E-state index in [1.807, 2.05) is 31.3 Å². The fourth-order valence-electron chi connectivity index (χ4n) is 4.24. The lowest BCUT2D eigenvalue weighted by Crippen LogP contribution is -2.46. The van der Waals surface area contributed by atoms with E-state index >= 15 is 0 Å². The van der Waals surface area contributed by atoms with Gasteiger partial charge in [0.25, 0.3) is 5.91 Å². The van der Waals surface area contributed by atoms with Gasteiger partial charge in [0.1, 0.15) is 22.7 Å². The van der Waals surface area contributed by atoms with E-state index in [2.05, 4.69) is 10.5 Å². The molecular formula is C21H25N3O4. The SMILES string of the molecule is Cc1noc(C)c1C(=O)NC1CC2(CCC(=O)N(C)CC2)Oc2ccccc21. The Balaban J connectivity index is 1.64. The van der Waals surface area contributed by atoms with E-state index in [4.69, 9.17) is 9.26 Å². The van der Waals surface area contributed by atoms with Gasteiger partial charge in [-0.1, -0.05) is 23.4 Å². The molecule has 1 aromatic carbocycles. The van der Waals surface area contributed by atoms with Gasteiger partial charge in [-0.2, -0.15) is 0 Å². The molecule has 1 saturated heterocycles. The third-order valence-electron chi connectivity index (χ3n) is 5.89. The highest BCUT2D eigenvalue weighted by Gasteiger charge is 2.43. The number of amides is 2. The molecule has 7 nitrogen and oxygen atoms in total. The number of likely N-dealkylation sites (tertiary alicyclic amines) is 1. The summed E-state index contributed by atoms with van der Waals surface area (Å²) in [6.45, 7) is 4.14. The minimum absolute atomic E-state index is 0.135. The first-order valence-electron chi connectivity index (χ1n) is 9.64. The van der Waals surface area contributed by atoms with Gasteiger partial charge in [-0.25, -0.2) is 0 Å². The monoisotopic (exact) mass is 383 g/mol. The number of hydrogen-bond acceptors (Lipinski definition) is 5. The first-order valence-corrected chi connectivity index (χ1v) is 9.64. The van der Waals surface area contributed by atoms with E-state index in [0.29, 0.717) is 42.8 Å².